The Morgan fingerprint density at radius 3 is 2.80 bits per heavy atom. The molecule has 0 saturated heterocycles. The lowest BCUT2D eigenvalue weighted by Gasteiger charge is -2.01. The lowest BCUT2D eigenvalue weighted by atomic mass is 10.0. The largest absolute Gasteiger partial charge is 0.360 e. The van der Waals surface area contributed by atoms with E-state index in [1.54, 1.807) is 6.20 Å². The Labute approximate surface area is 147 Å². The summed E-state index contributed by atoms with van der Waals surface area (Å²) in [6.07, 6.45) is 2.45. The van der Waals surface area contributed by atoms with Gasteiger partial charge in [-0.15, -0.1) is 0 Å². The fourth-order valence-electron chi connectivity index (χ4n) is 2.90. The average Bonchev–Trinajstić information content (AvgIpc) is 3.24. The van der Waals surface area contributed by atoms with Crippen LogP contribution in [0.4, 0.5) is 5.13 Å². The molecule has 2 N–H and O–H groups in total. The number of para-hydroxylation sites is 2. The highest BCUT2D eigenvalue weighted by atomic mass is 32.1. The van der Waals surface area contributed by atoms with Crippen molar-refractivity contribution < 1.29 is 9.59 Å². The normalized spacial score (nSPS) is 11.1. The maximum atomic E-state index is 12.6. The molecule has 0 aliphatic carbocycles. The summed E-state index contributed by atoms with van der Waals surface area (Å²) in [6.45, 7) is 2.05. The summed E-state index contributed by atoms with van der Waals surface area (Å²) in [6, 6.07) is 13.4. The number of hydrogen-bond donors (Lipinski definition) is 2. The second-order valence-electron chi connectivity index (χ2n) is 5.67. The monoisotopic (exact) mass is 349 g/mol. The standard InChI is InChI=1S/C19H15N3O2S/c1-2-11-6-5-7-12-13(10-20-16(11)12)17(23)18(24)22-19-21-14-8-3-4-9-15(14)25-19/h3-10,20H,2H2,1H3,(H,21,22,24). The number of carbonyl (C=O) groups excluding carboxylic acids is 2. The van der Waals surface area contributed by atoms with Gasteiger partial charge in [0.2, 0.25) is 0 Å². The van der Waals surface area contributed by atoms with Crippen molar-refractivity contribution in [1.82, 2.24) is 9.97 Å². The van der Waals surface area contributed by atoms with Crippen molar-refractivity contribution in [2.45, 2.75) is 13.3 Å². The molecule has 25 heavy (non-hydrogen) atoms. The molecule has 5 nitrogen and oxygen atoms in total. The number of nitrogens with one attached hydrogen (secondary N) is 2. The van der Waals surface area contributed by atoms with E-state index in [0.717, 1.165) is 33.1 Å². The Morgan fingerprint density at radius 2 is 2.00 bits per heavy atom. The number of benzene rings is 2. The summed E-state index contributed by atoms with van der Waals surface area (Å²) in [7, 11) is 0. The van der Waals surface area contributed by atoms with Gasteiger partial charge in [0.25, 0.3) is 11.7 Å². The number of rotatable bonds is 4. The third-order valence-electron chi connectivity index (χ3n) is 4.15. The first-order chi connectivity index (χ1) is 12.2. The highest BCUT2D eigenvalue weighted by Crippen LogP contribution is 2.26. The van der Waals surface area contributed by atoms with Crippen LogP contribution >= 0.6 is 11.3 Å². The summed E-state index contributed by atoms with van der Waals surface area (Å²) < 4.78 is 0.963. The molecule has 0 radical (unpaired) electrons. The minimum atomic E-state index is -0.679. The molecule has 0 fully saturated rings. The maximum Gasteiger partial charge on any atom is 0.298 e. The maximum absolute atomic E-state index is 12.6. The van der Waals surface area contributed by atoms with Crippen LogP contribution in [0.2, 0.25) is 0 Å². The molecule has 4 aromatic rings. The van der Waals surface area contributed by atoms with Crippen LogP contribution in [0, 0.1) is 0 Å². The average molecular weight is 349 g/mol. The van der Waals surface area contributed by atoms with Gasteiger partial charge in [0.15, 0.2) is 5.13 Å². The molecule has 0 aliphatic rings. The fourth-order valence-corrected chi connectivity index (χ4v) is 3.76. The van der Waals surface area contributed by atoms with Gasteiger partial charge in [-0.3, -0.25) is 14.9 Å². The number of aromatic nitrogens is 2. The number of ketones is 1. The number of thiazole rings is 1. The Bertz CT molecular complexity index is 1080. The number of amides is 1. The molecule has 0 bridgehead atoms. The smallest absolute Gasteiger partial charge is 0.298 e. The number of Topliss-reactive ketones (excluding diaryl/α,β-unsaturated/α-hetero) is 1. The third kappa shape index (κ3) is 2.70. The van der Waals surface area contributed by atoms with Crippen molar-refractivity contribution in [3.63, 3.8) is 0 Å². The van der Waals surface area contributed by atoms with Gasteiger partial charge in [0, 0.05) is 17.1 Å². The molecular weight excluding hydrogens is 334 g/mol. The van der Waals surface area contributed by atoms with Crippen molar-refractivity contribution in [2.75, 3.05) is 5.32 Å². The second kappa shape index (κ2) is 6.14. The molecule has 6 heteroatoms. The number of nitrogens with zero attached hydrogens (tertiary/aromatic N) is 1. The lowest BCUT2D eigenvalue weighted by molar-refractivity contribution is -0.112. The molecule has 0 unspecified atom stereocenters. The summed E-state index contributed by atoms with van der Waals surface area (Å²) in [5, 5.41) is 3.81. The minimum absolute atomic E-state index is 0.379. The Balaban J connectivity index is 1.63. The Morgan fingerprint density at radius 1 is 1.16 bits per heavy atom. The number of fused-ring (bicyclic) bond motifs is 2. The van der Waals surface area contributed by atoms with E-state index in [2.05, 4.69) is 22.2 Å². The number of aromatic amines is 1. The van der Waals surface area contributed by atoms with Crippen LogP contribution in [0.5, 0.6) is 0 Å². The van der Waals surface area contributed by atoms with E-state index in [1.165, 1.54) is 11.3 Å². The Kier molecular flexibility index (Phi) is 3.82. The molecular formula is C19H15N3O2S. The molecule has 2 aromatic heterocycles. The van der Waals surface area contributed by atoms with Gasteiger partial charge < -0.3 is 4.98 Å². The van der Waals surface area contributed by atoms with Crippen LogP contribution in [0.25, 0.3) is 21.1 Å². The van der Waals surface area contributed by atoms with Crippen molar-refractivity contribution in [2.24, 2.45) is 0 Å². The molecule has 0 saturated carbocycles. The number of aryl methyl sites for hydroxylation is 1. The van der Waals surface area contributed by atoms with Crippen LogP contribution in [0.3, 0.4) is 0 Å². The molecule has 1 amide bonds. The van der Waals surface area contributed by atoms with E-state index in [-0.39, 0.29) is 0 Å². The first-order valence-corrected chi connectivity index (χ1v) is 8.79. The van der Waals surface area contributed by atoms with Crippen LogP contribution in [-0.2, 0) is 11.2 Å². The number of carbonyl (C=O) groups is 2. The number of H-pyrrole nitrogens is 1. The Hall–Kier alpha value is -2.99. The van der Waals surface area contributed by atoms with Gasteiger partial charge in [-0.2, -0.15) is 0 Å². The summed E-state index contributed by atoms with van der Waals surface area (Å²) >= 11 is 1.35. The SMILES string of the molecule is CCc1cccc2c(C(=O)C(=O)Nc3nc4ccccc4s3)c[nH]c12. The molecule has 0 atom stereocenters. The zero-order chi connectivity index (χ0) is 17.4. The highest BCUT2D eigenvalue weighted by Gasteiger charge is 2.21. The fraction of sp³-hybridized carbons (Fsp3) is 0.105. The van der Waals surface area contributed by atoms with E-state index in [1.807, 2.05) is 42.5 Å². The minimum Gasteiger partial charge on any atom is -0.360 e. The van der Waals surface area contributed by atoms with E-state index >= 15 is 0 Å². The molecule has 2 aromatic carbocycles. The zero-order valence-electron chi connectivity index (χ0n) is 13.5. The highest BCUT2D eigenvalue weighted by molar-refractivity contribution is 7.22. The molecule has 0 spiro atoms. The van der Waals surface area contributed by atoms with Crippen LogP contribution < -0.4 is 5.32 Å². The summed E-state index contributed by atoms with van der Waals surface area (Å²) in [4.78, 5) is 32.4. The van der Waals surface area contributed by atoms with Crippen molar-refractivity contribution in [3.05, 3.63) is 59.8 Å². The van der Waals surface area contributed by atoms with Gasteiger partial charge >= 0.3 is 0 Å². The topological polar surface area (TPSA) is 74.8 Å². The number of hydrogen-bond acceptors (Lipinski definition) is 4. The van der Waals surface area contributed by atoms with Gasteiger partial charge in [-0.25, -0.2) is 4.98 Å². The molecule has 0 aliphatic heterocycles. The van der Waals surface area contributed by atoms with Crippen LogP contribution in [-0.4, -0.2) is 21.7 Å². The van der Waals surface area contributed by atoms with Crippen molar-refractivity contribution >= 4 is 49.3 Å². The second-order valence-corrected chi connectivity index (χ2v) is 6.70. The van der Waals surface area contributed by atoms with Crippen molar-refractivity contribution in [3.8, 4) is 0 Å². The van der Waals surface area contributed by atoms with Crippen LogP contribution in [0.1, 0.15) is 22.8 Å². The molecule has 124 valence electrons. The van der Waals surface area contributed by atoms with Crippen molar-refractivity contribution in [1.29, 1.82) is 0 Å². The van der Waals surface area contributed by atoms with Gasteiger partial charge in [0.1, 0.15) is 0 Å². The van der Waals surface area contributed by atoms with E-state index in [4.69, 9.17) is 0 Å². The van der Waals surface area contributed by atoms with Crippen LogP contribution in [0.15, 0.2) is 48.7 Å². The number of anilines is 1. The first-order valence-electron chi connectivity index (χ1n) is 7.97. The van der Waals surface area contributed by atoms with Gasteiger partial charge in [-0.1, -0.05) is 48.6 Å². The van der Waals surface area contributed by atoms with E-state index in [0.29, 0.717) is 10.7 Å². The summed E-state index contributed by atoms with van der Waals surface area (Å²) in [5.41, 5.74) is 3.20. The first kappa shape index (κ1) is 15.5. The third-order valence-corrected chi connectivity index (χ3v) is 5.10. The van der Waals surface area contributed by atoms with Gasteiger partial charge in [-0.05, 0) is 24.1 Å². The van der Waals surface area contributed by atoms with Gasteiger partial charge in [0.05, 0.1) is 15.8 Å². The predicted molar refractivity (Wildman–Crippen MR) is 100 cm³/mol. The lowest BCUT2D eigenvalue weighted by Crippen LogP contribution is -2.22. The van der Waals surface area contributed by atoms with E-state index < -0.39 is 11.7 Å². The molecule has 2 heterocycles. The van der Waals surface area contributed by atoms with E-state index in [9.17, 15) is 9.59 Å². The zero-order valence-corrected chi connectivity index (χ0v) is 14.3. The molecule has 4 rings (SSSR count). The quantitative estimate of drug-likeness (QED) is 0.429. The predicted octanol–water partition coefficient (Wildman–Crippen LogP) is 4.16. The summed E-state index contributed by atoms with van der Waals surface area (Å²) in [5.74, 6) is -1.25.